The summed E-state index contributed by atoms with van der Waals surface area (Å²) in [4.78, 5) is 25.1. The Labute approximate surface area is 133 Å². The lowest BCUT2D eigenvalue weighted by molar-refractivity contribution is -0.130. The average molecular weight is 305 g/mol. The minimum Gasteiger partial charge on any atom is -0.347 e. The highest BCUT2D eigenvalue weighted by Crippen LogP contribution is 2.10. The third-order valence-corrected chi connectivity index (χ3v) is 3.36. The van der Waals surface area contributed by atoms with Crippen molar-refractivity contribution in [1.29, 1.82) is 0 Å². The molecule has 0 heterocycles. The van der Waals surface area contributed by atoms with Gasteiger partial charge in [-0.2, -0.15) is 0 Å². The van der Waals surface area contributed by atoms with Crippen LogP contribution < -0.4 is 10.6 Å². The topological polar surface area (TPSA) is 61.4 Å². The molecule has 122 valence electrons. The van der Waals surface area contributed by atoms with Gasteiger partial charge in [0.1, 0.15) is 6.04 Å². The van der Waals surface area contributed by atoms with Gasteiger partial charge in [-0.3, -0.25) is 4.79 Å². The molecule has 0 aliphatic heterocycles. The number of amides is 3. The van der Waals surface area contributed by atoms with Gasteiger partial charge in [0.15, 0.2) is 0 Å². The number of carbonyl (C=O) groups is 2. The summed E-state index contributed by atoms with van der Waals surface area (Å²) in [5, 5.41) is 5.53. The van der Waals surface area contributed by atoms with Crippen LogP contribution in [0, 0.1) is 13.8 Å². The molecule has 5 heteroatoms. The minimum atomic E-state index is -0.539. The van der Waals surface area contributed by atoms with E-state index in [0.717, 1.165) is 6.42 Å². The van der Waals surface area contributed by atoms with E-state index < -0.39 is 6.04 Å². The molecule has 0 bridgehead atoms. The van der Waals surface area contributed by atoms with Crippen molar-refractivity contribution in [1.82, 2.24) is 15.5 Å². The van der Waals surface area contributed by atoms with Crippen molar-refractivity contribution in [2.24, 2.45) is 0 Å². The van der Waals surface area contributed by atoms with E-state index in [-0.39, 0.29) is 18.0 Å². The van der Waals surface area contributed by atoms with Gasteiger partial charge in [0.2, 0.25) is 5.91 Å². The molecular weight excluding hydrogens is 278 g/mol. The molecule has 1 aromatic rings. The molecule has 0 radical (unpaired) electrons. The maximum atomic E-state index is 11.9. The van der Waals surface area contributed by atoms with Crippen LogP contribution >= 0.6 is 0 Å². The van der Waals surface area contributed by atoms with Crippen LogP contribution in [0.2, 0.25) is 0 Å². The molecule has 2 atom stereocenters. The van der Waals surface area contributed by atoms with E-state index in [2.05, 4.69) is 42.7 Å². The quantitative estimate of drug-likeness (QED) is 0.874. The molecule has 1 unspecified atom stereocenters. The van der Waals surface area contributed by atoms with Crippen LogP contribution in [0.15, 0.2) is 18.2 Å². The molecule has 0 aliphatic carbocycles. The maximum Gasteiger partial charge on any atom is 0.315 e. The number of aryl methyl sites for hydroxylation is 2. The fourth-order valence-electron chi connectivity index (χ4n) is 2.50. The summed E-state index contributed by atoms with van der Waals surface area (Å²) in [6.07, 6.45) is 0.756. The van der Waals surface area contributed by atoms with Crippen molar-refractivity contribution in [3.8, 4) is 0 Å². The SMILES string of the molecule is Cc1cc(C)cc(CC(C)NC(=O)N[C@@H](C)C(=O)N(C)C)c1. The number of carbonyl (C=O) groups excluding carboxylic acids is 2. The summed E-state index contributed by atoms with van der Waals surface area (Å²) in [7, 11) is 3.34. The monoisotopic (exact) mass is 305 g/mol. The molecule has 0 fully saturated rings. The lowest BCUT2D eigenvalue weighted by atomic mass is 10.0. The summed E-state index contributed by atoms with van der Waals surface area (Å²) < 4.78 is 0. The zero-order valence-corrected chi connectivity index (χ0v) is 14.4. The van der Waals surface area contributed by atoms with Gasteiger partial charge < -0.3 is 15.5 Å². The van der Waals surface area contributed by atoms with E-state index in [9.17, 15) is 9.59 Å². The predicted octanol–water partition coefficient (Wildman–Crippen LogP) is 2.01. The molecule has 1 rings (SSSR count). The molecule has 22 heavy (non-hydrogen) atoms. The highest BCUT2D eigenvalue weighted by Gasteiger charge is 2.18. The largest absolute Gasteiger partial charge is 0.347 e. The minimum absolute atomic E-state index is 0.0112. The van der Waals surface area contributed by atoms with E-state index in [0.29, 0.717) is 0 Å². The van der Waals surface area contributed by atoms with Crippen molar-refractivity contribution in [2.45, 2.75) is 46.2 Å². The molecule has 3 amide bonds. The van der Waals surface area contributed by atoms with Gasteiger partial charge in [0.05, 0.1) is 0 Å². The summed E-state index contributed by atoms with van der Waals surface area (Å²) in [5.74, 6) is -0.128. The molecule has 0 aromatic heterocycles. The van der Waals surface area contributed by atoms with E-state index >= 15 is 0 Å². The van der Waals surface area contributed by atoms with Crippen LogP contribution in [0.5, 0.6) is 0 Å². The Kier molecular flexibility index (Phi) is 6.40. The standard InChI is InChI=1S/C17H27N3O2/c1-11-7-12(2)9-15(8-11)10-13(3)18-17(22)19-14(4)16(21)20(5)6/h7-9,13-14H,10H2,1-6H3,(H2,18,19,22)/t13?,14-/m0/s1. The van der Waals surface area contributed by atoms with Crippen molar-refractivity contribution >= 4 is 11.9 Å². The van der Waals surface area contributed by atoms with Gasteiger partial charge in [-0.15, -0.1) is 0 Å². The second kappa shape index (κ2) is 7.82. The van der Waals surface area contributed by atoms with Gasteiger partial charge in [-0.25, -0.2) is 4.79 Å². The smallest absolute Gasteiger partial charge is 0.315 e. The van der Waals surface area contributed by atoms with Gasteiger partial charge in [0, 0.05) is 20.1 Å². The van der Waals surface area contributed by atoms with Crippen LogP contribution in [0.1, 0.15) is 30.5 Å². The van der Waals surface area contributed by atoms with Crippen LogP contribution in [0.3, 0.4) is 0 Å². The number of nitrogens with one attached hydrogen (secondary N) is 2. The number of nitrogens with zero attached hydrogens (tertiary/aromatic N) is 1. The molecule has 0 aliphatic rings. The van der Waals surface area contributed by atoms with Crippen molar-refractivity contribution in [3.05, 3.63) is 34.9 Å². The first-order valence-corrected chi connectivity index (χ1v) is 7.54. The Morgan fingerprint density at radius 2 is 1.59 bits per heavy atom. The highest BCUT2D eigenvalue weighted by atomic mass is 16.2. The number of hydrogen-bond donors (Lipinski definition) is 2. The van der Waals surface area contributed by atoms with Gasteiger partial charge in [-0.05, 0) is 39.7 Å². The first-order valence-electron chi connectivity index (χ1n) is 7.54. The lowest BCUT2D eigenvalue weighted by Gasteiger charge is -2.20. The van der Waals surface area contributed by atoms with E-state index in [4.69, 9.17) is 0 Å². The van der Waals surface area contributed by atoms with Gasteiger partial charge >= 0.3 is 6.03 Å². The highest BCUT2D eigenvalue weighted by molar-refractivity contribution is 5.86. The van der Waals surface area contributed by atoms with Crippen LogP contribution in [0.25, 0.3) is 0 Å². The number of likely N-dealkylation sites (N-methyl/N-ethyl adjacent to an activating group) is 1. The van der Waals surface area contributed by atoms with Gasteiger partial charge in [0.25, 0.3) is 0 Å². The van der Waals surface area contributed by atoms with E-state index in [1.807, 2.05) is 6.92 Å². The second-order valence-electron chi connectivity index (χ2n) is 6.17. The Balaban J connectivity index is 2.52. The van der Waals surface area contributed by atoms with E-state index in [1.165, 1.54) is 21.6 Å². The molecule has 0 spiro atoms. The Bertz CT molecular complexity index is 520. The predicted molar refractivity (Wildman–Crippen MR) is 88.9 cm³/mol. The molecular formula is C17H27N3O2. The van der Waals surface area contributed by atoms with Gasteiger partial charge in [-0.1, -0.05) is 29.3 Å². The normalized spacial score (nSPS) is 13.2. The first-order chi connectivity index (χ1) is 10.2. The van der Waals surface area contributed by atoms with Crippen LogP contribution in [0.4, 0.5) is 4.79 Å². The number of benzene rings is 1. The number of hydrogen-bond acceptors (Lipinski definition) is 2. The van der Waals surface area contributed by atoms with Crippen LogP contribution in [-0.4, -0.2) is 43.0 Å². The lowest BCUT2D eigenvalue weighted by Crippen LogP contribution is -2.50. The zero-order chi connectivity index (χ0) is 16.9. The summed E-state index contributed by atoms with van der Waals surface area (Å²) in [6, 6.07) is 5.51. The fourth-order valence-corrected chi connectivity index (χ4v) is 2.50. The molecule has 2 N–H and O–H groups in total. The van der Waals surface area contributed by atoms with E-state index in [1.54, 1.807) is 21.0 Å². The molecule has 0 saturated carbocycles. The summed E-state index contributed by atoms with van der Waals surface area (Å²) in [6.45, 7) is 7.76. The Hall–Kier alpha value is -2.04. The van der Waals surface area contributed by atoms with Crippen molar-refractivity contribution in [2.75, 3.05) is 14.1 Å². The second-order valence-corrected chi connectivity index (χ2v) is 6.17. The molecule has 0 saturated heterocycles. The fraction of sp³-hybridized carbons (Fsp3) is 0.529. The molecule has 5 nitrogen and oxygen atoms in total. The average Bonchev–Trinajstić information content (AvgIpc) is 2.35. The zero-order valence-electron chi connectivity index (χ0n) is 14.4. The third-order valence-electron chi connectivity index (χ3n) is 3.36. The first kappa shape index (κ1) is 18.0. The third kappa shape index (κ3) is 5.76. The Morgan fingerprint density at radius 1 is 1.05 bits per heavy atom. The van der Waals surface area contributed by atoms with Crippen molar-refractivity contribution < 1.29 is 9.59 Å². The summed E-state index contributed by atoms with van der Waals surface area (Å²) in [5.41, 5.74) is 3.64. The maximum absolute atomic E-state index is 11.9. The number of urea groups is 1. The molecule has 1 aromatic carbocycles. The van der Waals surface area contributed by atoms with Crippen molar-refractivity contribution in [3.63, 3.8) is 0 Å². The summed E-state index contributed by atoms with van der Waals surface area (Å²) >= 11 is 0. The number of rotatable bonds is 5. The van der Waals surface area contributed by atoms with Crippen LogP contribution in [-0.2, 0) is 11.2 Å². The Morgan fingerprint density at radius 3 is 2.09 bits per heavy atom.